The smallest absolute Gasteiger partial charge is 0.160 e. The Morgan fingerprint density at radius 1 is 0.737 bits per heavy atom. The average molecular weight is 290 g/mol. The first-order valence-electron chi connectivity index (χ1n) is 6.21. The molecule has 0 unspecified atom stereocenters. The first-order valence-corrected chi connectivity index (χ1v) is 7.02. The third-order valence-electron chi connectivity index (χ3n) is 2.87. The van der Waals surface area contributed by atoms with Crippen LogP contribution in [-0.2, 0) is 10.8 Å². The molecule has 4 heteroatoms. The van der Waals surface area contributed by atoms with Crippen molar-refractivity contribution in [2.24, 2.45) is 0 Å². The Morgan fingerprint density at radius 2 is 1.11 bits per heavy atom. The quantitative estimate of drug-likeness (QED) is 0.581. The highest BCUT2D eigenvalue weighted by atomic mass is 32.2. The van der Waals surface area contributed by atoms with E-state index < -0.39 is 5.51 Å². The Morgan fingerprint density at radius 3 is 1.37 bits per heavy atom. The molecule has 1 aromatic rings. The molecule has 0 fully saturated rings. The number of thioether (sulfide) groups is 1. The largest absolute Gasteiger partial charge is 0.446 e. The second-order valence-corrected chi connectivity index (χ2v) is 7.93. The van der Waals surface area contributed by atoms with Crippen LogP contribution in [0.3, 0.4) is 0 Å². The van der Waals surface area contributed by atoms with Crippen LogP contribution < -0.4 is 0 Å². The monoisotopic (exact) mass is 290 g/mol. The van der Waals surface area contributed by atoms with Gasteiger partial charge >= 0.3 is 5.51 Å². The number of benzene rings is 1. The van der Waals surface area contributed by atoms with Gasteiger partial charge in [-0.3, -0.25) is 0 Å². The van der Waals surface area contributed by atoms with Crippen molar-refractivity contribution in [2.45, 2.75) is 62.8 Å². The van der Waals surface area contributed by atoms with Gasteiger partial charge in [-0.2, -0.15) is 13.2 Å². The fourth-order valence-corrected chi connectivity index (χ4v) is 2.30. The molecule has 19 heavy (non-hydrogen) atoms. The Hall–Kier alpha value is -0.640. The molecule has 0 aliphatic rings. The van der Waals surface area contributed by atoms with Gasteiger partial charge in [0.25, 0.3) is 0 Å². The van der Waals surface area contributed by atoms with Crippen LogP contribution in [0, 0.1) is 0 Å². The summed E-state index contributed by atoms with van der Waals surface area (Å²) in [5.74, 6) is 0. The van der Waals surface area contributed by atoms with Gasteiger partial charge in [0.05, 0.1) is 0 Å². The lowest BCUT2D eigenvalue weighted by Crippen LogP contribution is -2.16. The third-order valence-corrected chi connectivity index (χ3v) is 3.58. The van der Waals surface area contributed by atoms with Gasteiger partial charge in [-0.1, -0.05) is 47.6 Å². The second-order valence-electron chi connectivity index (χ2n) is 6.79. The van der Waals surface area contributed by atoms with Crippen molar-refractivity contribution in [2.75, 3.05) is 0 Å². The van der Waals surface area contributed by atoms with E-state index in [1.807, 2.05) is 47.6 Å². The highest BCUT2D eigenvalue weighted by molar-refractivity contribution is 8.00. The molecule has 0 amide bonds. The van der Waals surface area contributed by atoms with Gasteiger partial charge in [-0.25, -0.2) is 0 Å². The van der Waals surface area contributed by atoms with E-state index in [9.17, 15) is 13.2 Å². The zero-order valence-corrected chi connectivity index (χ0v) is 13.1. The zero-order valence-electron chi connectivity index (χ0n) is 12.3. The average Bonchev–Trinajstić information content (AvgIpc) is 2.11. The van der Waals surface area contributed by atoms with Gasteiger partial charge < -0.3 is 0 Å². The molecule has 0 radical (unpaired) electrons. The molecule has 0 atom stereocenters. The summed E-state index contributed by atoms with van der Waals surface area (Å²) in [6.07, 6.45) is 0. The van der Waals surface area contributed by atoms with Crippen molar-refractivity contribution in [3.8, 4) is 0 Å². The lowest BCUT2D eigenvalue weighted by molar-refractivity contribution is -0.0328. The van der Waals surface area contributed by atoms with E-state index in [1.165, 1.54) is 0 Å². The fraction of sp³-hybridized carbons (Fsp3) is 0.600. The van der Waals surface area contributed by atoms with Crippen LogP contribution in [0.5, 0.6) is 0 Å². The number of hydrogen-bond donors (Lipinski definition) is 0. The molecule has 108 valence electrons. The molecule has 1 rings (SSSR count). The Bertz CT molecular complexity index is 416. The summed E-state index contributed by atoms with van der Waals surface area (Å²) in [5.41, 5.74) is -2.70. The van der Waals surface area contributed by atoms with Crippen molar-refractivity contribution >= 4 is 11.8 Å². The van der Waals surface area contributed by atoms with E-state index in [0.717, 1.165) is 11.1 Å². The summed E-state index contributed by atoms with van der Waals surface area (Å²) in [4.78, 5) is 0.268. The topological polar surface area (TPSA) is 0 Å². The van der Waals surface area contributed by atoms with E-state index in [2.05, 4.69) is 0 Å². The maximum atomic E-state index is 12.6. The molecular weight excluding hydrogens is 269 g/mol. The first kappa shape index (κ1) is 16.4. The fourth-order valence-electron chi connectivity index (χ4n) is 1.66. The number of rotatable bonds is 1. The Labute approximate surface area is 117 Å². The molecule has 0 heterocycles. The highest BCUT2D eigenvalue weighted by Gasteiger charge is 2.30. The van der Waals surface area contributed by atoms with Crippen molar-refractivity contribution in [3.05, 3.63) is 29.3 Å². The minimum Gasteiger partial charge on any atom is -0.160 e. The molecule has 0 aliphatic heterocycles. The molecule has 0 saturated carbocycles. The van der Waals surface area contributed by atoms with Crippen LogP contribution in [0.1, 0.15) is 52.7 Å². The van der Waals surface area contributed by atoms with Gasteiger partial charge in [0.15, 0.2) is 0 Å². The van der Waals surface area contributed by atoms with Crippen molar-refractivity contribution in [3.63, 3.8) is 0 Å². The first-order chi connectivity index (χ1) is 8.29. The molecular formula is C15H21F3S. The molecule has 0 N–H and O–H groups in total. The van der Waals surface area contributed by atoms with Crippen LogP contribution in [0.15, 0.2) is 23.1 Å². The summed E-state index contributed by atoms with van der Waals surface area (Å²) < 4.78 is 37.7. The molecule has 1 aromatic carbocycles. The predicted octanol–water partition coefficient (Wildman–Crippen LogP) is 5.89. The van der Waals surface area contributed by atoms with Gasteiger partial charge in [0.2, 0.25) is 0 Å². The van der Waals surface area contributed by atoms with Gasteiger partial charge in [0.1, 0.15) is 0 Å². The Kier molecular flexibility index (Phi) is 4.35. The molecule has 0 aromatic heterocycles. The maximum Gasteiger partial charge on any atom is 0.446 e. The third kappa shape index (κ3) is 5.09. The summed E-state index contributed by atoms with van der Waals surface area (Å²) in [5, 5.41) is 0. The van der Waals surface area contributed by atoms with E-state index in [4.69, 9.17) is 0 Å². The van der Waals surface area contributed by atoms with Crippen LogP contribution in [0.4, 0.5) is 13.2 Å². The highest BCUT2D eigenvalue weighted by Crippen LogP contribution is 2.40. The zero-order chi connectivity index (χ0) is 15.1. The normalized spacial score (nSPS) is 13.7. The van der Waals surface area contributed by atoms with E-state index in [-0.39, 0.29) is 27.5 Å². The van der Waals surface area contributed by atoms with Gasteiger partial charge in [-0.05, 0) is 45.9 Å². The Balaban J connectivity index is 3.33. The number of hydrogen-bond acceptors (Lipinski definition) is 1. The summed E-state index contributed by atoms with van der Waals surface area (Å²) in [6, 6.07) is 5.31. The lowest BCUT2D eigenvalue weighted by atomic mass is 9.81. The maximum absolute atomic E-state index is 12.6. The van der Waals surface area contributed by atoms with Crippen molar-refractivity contribution < 1.29 is 13.2 Å². The van der Waals surface area contributed by atoms with Gasteiger partial charge in [-0.15, -0.1) is 0 Å². The lowest BCUT2D eigenvalue weighted by Gasteiger charge is -2.26. The summed E-state index contributed by atoms with van der Waals surface area (Å²) >= 11 is -0.0387. The summed E-state index contributed by atoms with van der Waals surface area (Å²) in [7, 11) is 0. The molecule has 0 nitrogen and oxygen atoms in total. The van der Waals surface area contributed by atoms with Crippen molar-refractivity contribution in [1.82, 2.24) is 0 Å². The molecule has 0 spiro atoms. The minimum absolute atomic E-state index is 0.0387. The second kappa shape index (κ2) is 5.04. The summed E-state index contributed by atoms with van der Waals surface area (Å²) in [6.45, 7) is 12.1. The van der Waals surface area contributed by atoms with Crippen LogP contribution in [-0.4, -0.2) is 5.51 Å². The van der Waals surface area contributed by atoms with E-state index >= 15 is 0 Å². The number of halogens is 3. The van der Waals surface area contributed by atoms with Crippen LogP contribution >= 0.6 is 11.8 Å². The van der Waals surface area contributed by atoms with Crippen molar-refractivity contribution in [1.29, 1.82) is 0 Å². The predicted molar refractivity (Wildman–Crippen MR) is 75.8 cm³/mol. The van der Waals surface area contributed by atoms with Crippen LogP contribution in [0.2, 0.25) is 0 Å². The van der Waals surface area contributed by atoms with E-state index in [1.54, 1.807) is 12.1 Å². The number of alkyl halides is 3. The van der Waals surface area contributed by atoms with E-state index in [0.29, 0.717) is 0 Å². The minimum atomic E-state index is -4.24. The van der Waals surface area contributed by atoms with Crippen LogP contribution in [0.25, 0.3) is 0 Å². The molecule has 0 bridgehead atoms. The van der Waals surface area contributed by atoms with Gasteiger partial charge in [0, 0.05) is 4.90 Å². The molecule has 0 aliphatic carbocycles. The standard InChI is InChI=1S/C15H21F3S/c1-13(2,3)10-7-11(14(4,5)6)9-12(8-10)19-15(16,17)18/h7-9H,1-6H3. The SMILES string of the molecule is CC(C)(C)c1cc(SC(F)(F)F)cc(C(C)(C)C)c1. The molecule has 0 saturated heterocycles.